The molecule has 1 aromatic heterocycles. The number of nitrogens with zero attached hydrogens (tertiary/aromatic N) is 3. The second-order valence-corrected chi connectivity index (χ2v) is 10.4. The average Bonchev–Trinajstić information content (AvgIpc) is 2.81. The molecule has 9 heteroatoms. The molecule has 0 radical (unpaired) electrons. The molecule has 7 nitrogen and oxygen atoms in total. The van der Waals surface area contributed by atoms with E-state index in [1.807, 2.05) is 39.0 Å². The first-order valence-corrected chi connectivity index (χ1v) is 12.5. The van der Waals surface area contributed by atoms with E-state index in [-0.39, 0.29) is 23.3 Å². The van der Waals surface area contributed by atoms with Gasteiger partial charge in [0.25, 0.3) is 5.56 Å². The molecule has 1 unspecified atom stereocenters. The summed E-state index contributed by atoms with van der Waals surface area (Å²) in [4.78, 5) is 44.8. The van der Waals surface area contributed by atoms with Gasteiger partial charge in [0.15, 0.2) is 5.16 Å². The van der Waals surface area contributed by atoms with Gasteiger partial charge in [0.2, 0.25) is 11.8 Å². The fraction of sp³-hybridized carbons (Fsp3) is 0.360. The number of aryl methyl sites for hydroxylation is 1. The molecule has 0 aliphatic carbocycles. The minimum atomic E-state index is -0.481. The third kappa shape index (κ3) is 4.70. The number of halogens is 1. The molecule has 2 N–H and O–H groups in total. The Bertz CT molecular complexity index is 1330. The van der Waals surface area contributed by atoms with Gasteiger partial charge in [-0.1, -0.05) is 35.5 Å². The maximum absolute atomic E-state index is 13.6. The van der Waals surface area contributed by atoms with Gasteiger partial charge >= 0.3 is 0 Å². The zero-order chi connectivity index (χ0) is 24.6. The lowest BCUT2D eigenvalue weighted by atomic mass is 9.96. The van der Waals surface area contributed by atoms with E-state index in [0.29, 0.717) is 47.0 Å². The van der Waals surface area contributed by atoms with E-state index < -0.39 is 5.25 Å². The van der Waals surface area contributed by atoms with Crippen molar-refractivity contribution in [1.29, 1.82) is 0 Å². The molecule has 1 atom stereocenters. The SMILES string of the molecule is Cc1cccc(-n2c(SC(C)C(=O)N3CCC(C(N)=O)CC3)nc3cc(Cl)ccc3c2=O)c1C. The van der Waals surface area contributed by atoms with Crippen LogP contribution in [0.15, 0.2) is 46.3 Å². The number of rotatable bonds is 5. The van der Waals surface area contributed by atoms with E-state index in [9.17, 15) is 14.4 Å². The number of hydrogen-bond donors (Lipinski definition) is 1. The third-order valence-corrected chi connectivity index (χ3v) is 7.73. The number of thioether (sulfide) groups is 1. The zero-order valence-electron chi connectivity index (χ0n) is 19.4. The number of likely N-dealkylation sites (tertiary alicyclic amines) is 1. The molecule has 0 saturated carbocycles. The molecule has 0 bridgehead atoms. The van der Waals surface area contributed by atoms with E-state index in [0.717, 1.165) is 16.8 Å². The summed E-state index contributed by atoms with van der Waals surface area (Å²) in [5.41, 5.74) is 8.46. The highest BCUT2D eigenvalue weighted by Crippen LogP contribution is 2.29. The maximum Gasteiger partial charge on any atom is 0.266 e. The van der Waals surface area contributed by atoms with Crippen molar-refractivity contribution in [3.63, 3.8) is 0 Å². The smallest absolute Gasteiger partial charge is 0.266 e. The van der Waals surface area contributed by atoms with Crippen LogP contribution in [0.1, 0.15) is 30.9 Å². The number of benzene rings is 2. The number of primary amides is 1. The van der Waals surface area contributed by atoms with Gasteiger partial charge in [-0.15, -0.1) is 0 Å². The van der Waals surface area contributed by atoms with Crippen LogP contribution in [0.25, 0.3) is 16.6 Å². The standard InChI is InChI=1S/C25H27ClN4O3S/c1-14-5-4-6-21(15(14)2)30-24(33)19-8-7-18(26)13-20(19)28-25(30)34-16(3)23(32)29-11-9-17(10-12-29)22(27)31/h4-8,13,16-17H,9-12H2,1-3H3,(H2,27,31). The summed E-state index contributed by atoms with van der Waals surface area (Å²) in [6.45, 7) is 6.75. The minimum absolute atomic E-state index is 0.0547. The number of aromatic nitrogens is 2. The summed E-state index contributed by atoms with van der Waals surface area (Å²) in [5.74, 6) is -0.555. The van der Waals surface area contributed by atoms with Gasteiger partial charge in [0.1, 0.15) is 0 Å². The second-order valence-electron chi connectivity index (χ2n) is 8.68. The number of piperidine rings is 1. The van der Waals surface area contributed by atoms with Crippen LogP contribution in [0.3, 0.4) is 0 Å². The Labute approximate surface area is 207 Å². The van der Waals surface area contributed by atoms with Gasteiger partial charge < -0.3 is 10.6 Å². The molecule has 0 spiro atoms. The molecule has 2 aromatic carbocycles. The molecule has 1 aliphatic rings. The van der Waals surface area contributed by atoms with E-state index in [1.165, 1.54) is 11.8 Å². The van der Waals surface area contributed by atoms with Gasteiger partial charge in [0, 0.05) is 24.0 Å². The predicted molar refractivity (Wildman–Crippen MR) is 136 cm³/mol. The Morgan fingerprint density at radius 1 is 1.18 bits per heavy atom. The normalized spacial score (nSPS) is 15.5. The summed E-state index contributed by atoms with van der Waals surface area (Å²) in [7, 11) is 0. The zero-order valence-corrected chi connectivity index (χ0v) is 20.9. The highest BCUT2D eigenvalue weighted by Gasteiger charge is 2.30. The summed E-state index contributed by atoms with van der Waals surface area (Å²) >= 11 is 7.42. The van der Waals surface area contributed by atoms with Crippen LogP contribution < -0.4 is 11.3 Å². The van der Waals surface area contributed by atoms with E-state index in [4.69, 9.17) is 22.3 Å². The molecule has 1 aliphatic heterocycles. The first-order chi connectivity index (χ1) is 16.2. The van der Waals surface area contributed by atoms with Crippen LogP contribution in [-0.4, -0.2) is 44.6 Å². The molecule has 2 amide bonds. The molecule has 2 heterocycles. The van der Waals surface area contributed by atoms with Crippen molar-refractivity contribution in [2.24, 2.45) is 11.7 Å². The molecule has 4 rings (SSSR count). The Balaban J connectivity index is 1.72. The lowest BCUT2D eigenvalue weighted by molar-refractivity contribution is -0.134. The fourth-order valence-corrected chi connectivity index (χ4v) is 5.43. The molecule has 178 valence electrons. The fourth-order valence-electron chi connectivity index (χ4n) is 4.26. The number of amides is 2. The lowest BCUT2D eigenvalue weighted by Gasteiger charge is -2.32. The molecule has 1 saturated heterocycles. The molecule has 1 fully saturated rings. The highest BCUT2D eigenvalue weighted by molar-refractivity contribution is 8.00. The van der Waals surface area contributed by atoms with E-state index >= 15 is 0 Å². The largest absolute Gasteiger partial charge is 0.369 e. The van der Waals surface area contributed by atoms with Crippen LogP contribution in [0.2, 0.25) is 5.02 Å². The van der Waals surface area contributed by atoms with Crippen molar-refractivity contribution >= 4 is 46.1 Å². The first kappa shape index (κ1) is 24.3. The van der Waals surface area contributed by atoms with Crippen LogP contribution in [0.5, 0.6) is 0 Å². The first-order valence-electron chi connectivity index (χ1n) is 11.2. The highest BCUT2D eigenvalue weighted by atomic mass is 35.5. The molecular formula is C25H27ClN4O3S. The van der Waals surface area contributed by atoms with Crippen molar-refractivity contribution < 1.29 is 9.59 Å². The summed E-state index contributed by atoms with van der Waals surface area (Å²) < 4.78 is 1.59. The van der Waals surface area contributed by atoms with Crippen LogP contribution in [0.4, 0.5) is 0 Å². The molecular weight excluding hydrogens is 472 g/mol. The Hall–Kier alpha value is -2.84. The monoisotopic (exact) mass is 498 g/mol. The number of hydrogen-bond acceptors (Lipinski definition) is 5. The Kier molecular flexibility index (Phi) is 7.00. The van der Waals surface area contributed by atoms with Crippen molar-refractivity contribution in [3.05, 3.63) is 62.9 Å². The summed E-state index contributed by atoms with van der Waals surface area (Å²) in [6.07, 6.45) is 1.14. The Morgan fingerprint density at radius 3 is 2.56 bits per heavy atom. The number of fused-ring (bicyclic) bond motifs is 1. The van der Waals surface area contributed by atoms with Gasteiger partial charge in [-0.25, -0.2) is 4.98 Å². The summed E-state index contributed by atoms with van der Waals surface area (Å²) in [6, 6.07) is 10.8. The molecule has 3 aromatic rings. The van der Waals surface area contributed by atoms with E-state index in [2.05, 4.69) is 0 Å². The van der Waals surface area contributed by atoms with Crippen LogP contribution in [-0.2, 0) is 9.59 Å². The van der Waals surface area contributed by atoms with Gasteiger partial charge in [0.05, 0.1) is 21.8 Å². The third-order valence-electron chi connectivity index (χ3n) is 6.46. The minimum Gasteiger partial charge on any atom is -0.369 e. The lowest BCUT2D eigenvalue weighted by Crippen LogP contribution is -2.44. The van der Waals surface area contributed by atoms with Crippen LogP contribution >= 0.6 is 23.4 Å². The van der Waals surface area contributed by atoms with E-state index in [1.54, 1.807) is 27.7 Å². The van der Waals surface area contributed by atoms with Crippen molar-refractivity contribution in [2.75, 3.05) is 13.1 Å². The van der Waals surface area contributed by atoms with Crippen molar-refractivity contribution in [3.8, 4) is 5.69 Å². The van der Waals surface area contributed by atoms with Crippen LogP contribution in [0, 0.1) is 19.8 Å². The molecule has 34 heavy (non-hydrogen) atoms. The Morgan fingerprint density at radius 2 is 1.88 bits per heavy atom. The van der Waals surface area contributed by atoms with Gasteiger partial charge in [-0.05, 0) is 69.0 Å². The summed E-state index contributed by atoms with van der Waals surface area (Å²) in [5, 5.41) is 0.898. The quantitative estimate of drug-likeness (QED) is 0.425. The van der Waals surface area contributed by atoms with Crippen molar-refractivity contribution in [1.82, 2.24) is 14.5 Å². The number of nitrogens with two attached hydrogens (primary N) is 1. The maximum atomic E-state index is 13.6. The van der Waals surface area contributed by atoms with Gasteiger partial charge in [-0.2, -0.15) is 0 Å². The topological polar surface area (TPSA) is 98.3 Å². The predicted octanol–water partition coefficient (Wildman–Crippen LogP) is 3.86. The number of carbonyl (C=O) groups excluding carboxylic acids is 2. The average molecular weight is 499 g/mol. The second kappa shape index (κ2) is 9.80. The van der Waals surface area contributed by atoms with Gasteiger partial charge in [-0.3, -0.25) is 19.0 Å². The number of carbonyl (C=O) groups is 2. The van der Waals surface area contributed by atoms with Crippen molar-refractivity contribution in [2.45, 2.75) is 44.0 Å².